The van der Waals surface area contributed by atoms with Gasteiger partial charge in [0.1, 0.15) is 5.60 Å². The van der Waals surface area contributed by atoms with Crippen molar-refractivity contribution in [2.24, 2.45) is 7.05 Å². The van der Waals surface area contributed by atoms with Crippen LogP contribution in [-0.4, -0.2) is 22.8 Å². The Morgan fingerprint density at radius 1 is 1.29 bits per heavy atom. The summed E-state index contributed by atoms with van der Waals surface area (Å²) < 4.78 is 7.35. The Bertz CT molecular complexity index is 651. The third-order valence-electron chi connectivity index (χ3n) is 3.46. The molecule has 0 bridgehead atoms. The van der Waals surface area contributed by atoms with Gasteiger partial charge in [0, 0.05) is 30.7 Å². The second-order valence-electron chi connectivity index (χ2n) is 6.40. The summed E-state index contributed by atoms with van der Waals surface area (Å²) in [5, 5.41) is 4.07. The molecule has 0 atom stereocenters. The first kappa shape index (κ1) is 15.4. The van der Waals surface area contributed by atoms with Crippen LogP contribution in [0.15, 0.2) is 24.4 Å². The molecule has 0 fully saturated rings. The van der Waals surface area contributed by atoms with Crippen LogP contribution in [0.3, 0.4) is 0 Å². The largest absolute Gasteiger partial charge is 0.444 e. The lowest BCUT2D eigenvalue weighted by Gasteiger charge is -2.19. The van der Waals surface area contributed by atoms with Crippen molar-refractivity contribution in [3.8, 4) is 0 Å². The number of ether oxygens (including phenoxy) is 1. The number of alkyl carbamates (subject to hydrolysis) is 1. The average molecular weight is 288 g/mol. The number of carbonyl (C=O) groups excluding carboxylic acids is 1. The van der Waals surface area contributed by atoms with Gasteiger partial charge in [0.2, 0.25) is 0 Å². The molecule has 4 heteroatoms. The summed E-state index contributed by atoms with van der Waals surface area (Å²) in [6, 6.07) is 6.39. The number of nitrogens with zero attached hydrogens (tertiary/aromatic N) is 1. The van der Waals surface area contributed by atoms with Crippen LogP contribution in [0.25, 0.3) is 10.9 Å². The molecule has 0 saturated carbocycles. The normalized spacial score (nSPS) is 11.7. The minimum absolute atomic E-state index is 0.361. The zero-order valence-corrected chi connectivity index (χ0v) is 13.5. The van der Waals surface area contributed by atoms with E-state index in [1.54, 1.807) is 0 Å². The number of fused-ring (bicyclic) bond motifs is 1. The van der Waals surface area contributed by atoms with Crippen LogP contribution in [0.5, 0.6) is 0 Å². The number of benzene rings is 1. The predicted molar refractivity (Wildman–Crippen MR) is 85.6 cm³/mol. The first-order chi connectivity index (χ1) is 9.78. The lowest BCUT2D eigenvalue weighted by atomic mass is 10.0. The van der Waals surface area contributed by atoms with Gasteiger partial charge in [-0.1, -0.05) is 6.07 Å². The van der Waals surface area contributed by atoms with Crippen molar-refractivity contribution >= 4 is 17.0 Å². The minimum atomic E-state index is -0.459. The van der Waals surface area contributed by atoms with Crippen LogP contribution >= 0.6 is 0 Å². The van der Waals surface area contributed by atoms with Gasteiger partial charge in [-0.15, -0.1) is 0 Å². The molecule has 0 aliphatic heterocycles. The molecule has 1 N–H and O–H groups in total. The van der Waals surface area contributed by atoms with Crippen LogP contribution < -0.4 is 5.32 Å². The number of aryl methyl sites for hydroxylation is 2. The number of rotatable bonds is 3. The zero-order valence-electron chi connectivity index (χ0n) is 13.5. The van der Waals surface area contributed by atoms with E-state index < -0.39 is 5.60 Å². The standard InChI is InChI=1S/C17H24N2O2/c1-12-6-7-15-14(9-11-19(15)5)13(12)8-10-18-16(20)21-17(2,3)4/h6-7,9,11H,8,10H2,1-5H3,(H,18,20). The van der Waals surface area contributed by atoms with Gasteiger partial charge in [0.15, 0.2) is 0 Å². The van der Waals surface area contributed by atoms with E-state index in [0.717, 1.165) is 6.42 Å². The van der Waals surface area contributed by atoms with Crippen LogP contribution in [0.2, 0.25) is 0 Å². The lowest BCUT2D eigenvalue weighted by Crippen LogP contribution is -2.33. The second-order valence-corrected chi connectivity index (χ2v) is 6.40. The molecule has 1 aromatic heterocycles. The highest BCUT2D eigenvalue weighted by Gasteiger charge is 2.16. The fourth-order valence-electron chi connectivity index (χ4n) is 2.46. The molecule has 0 spiro atoms. The SMILES string of the molecule is Cc1ccc2c(ccn2C)c1CCNC(=O)OC(C)(C)C. The Morgan fingerprint density at radius 2 is 2.00 bits per heavy atom. The highest BCUT2D eigenvalue weighted by molar-refractivity contribution is 5.85. The maximum absolute atomic E-state index is 11.7. The highest BCUT2D eigenvalue weighted by atomic mass is 16.6. The van der Waals surface area contributed by atoms with E-state index in [1.165, 1.54) is 22.0 Å². The van der Waals surface area contributed by atoms with Crippen molar-refractivity contribution in [1.29, 1.82) is 0 Å². The summed E-state index contributed by atoms with van der Waals surface area (Å²) >= 11 is 0. The topological polar surface area (TPSA) is 43.3 Å². The van der Waals surface area contributed by atoms with E-state index >= 15 is 0 Å². The Morgan fingerprint density at radius 3 is 2.67 bits per heavy atom. The van der Waals surface area contributed by atoms with E-state index in [0.29, 0.717) is 6.54 Å². The van der Waals surface area contributed by atoms with Crippen molar-refractivity contribution < 1.29 is 9.53 Å². The van der Waals surface area contributed by atoms with E-state index in [4.69, 9.17) is 4.74 Å². The van der Waals surface area contributed by atoms with Crippen molar-refractivity contribution in [3.63, 3.8) is 0 Å². The van der Waals surface area contributed by atoms with Crippen molar-refractivity contribution in [1.82, 2.24) is 9.88 Å². The maximum Gasteiger partial charge on any atom is 0.407 e. The van der Waals surface area contributed by atoms with Crippen LogP contribution in [0.1, 0.15) is 31.9 Å². The summed E-state index contributed by atoms with van der Waals surface area (Å²) in [7, 11) is 2.04. The number of nitrogens with one attached hydrogen (secondary N) is 1. The number of amides is 1. The van der Waals surface area contributed by atoms with Gasteiger partial charge in [0.05, 0.1) is 0 Å². The first-order valence-electron chi connectivity index (χ1n) is 7.28. The molecule has 114 valence electrons. The third-order valence-corrected chi connectivity index (χ3v) is 3.46. The van der Waals surface area contributed by atoms with Gasteiger partial charge in [-0.05, 0) is 57.4 Å². The Balaban J connectivity index is 2.04. The van der Waals surface area contributed by atoms with Gasteiger partial charge >= 0.3 is 6.09 Å². The summed E-state index contributed by atoms with van der Waals surface area (Å²) in [5.74, 6) is 0. The number of hydrogen-bond acceptors (Lipinski definition) is 2. The van der Waals surface area contributed by atoms with Crippen molar-refractivity contribution in [2.45, 2.75) is 39.7 Å². The molecular weight excluding hydrogens is 264 g/mol. The fraction of sp³-hybridized carbons (Fsp3) is 0.471. The number of hydrogen-bond donors (Lipinski definition) is 1. The average Bonchev–Trinajstić information content (AvgIpc) is 2.72. The second kappa shape index (κ2) is 5.80. The summed E-state index contributed by atoms with van der Waals surface area (Å²) in [5.41, 5.74) is 3.29. The quantitative estimate of drug-likeness (QED) is 0.938. The summed E-state index contributed by atoms with van der Waals surface area (Å²) in [4.78, 5) is 11.7. The molecule has 1 amide bonds. The van der Waals surface area contributed by atoms with Gasteiger partial charge in [-0.25, -0.2) is 4.79 Å². The monoisotopic (exact) mass is 288 g/mol. The van der Waals surface area contributed by atoms with Gasteiger partial charge in [0.25, 0.3) is 0 Å². The molecule has 4 nitrogen and oxygen atoms in total. The van der Waals surface area contributed by atoms with Crippen LogP contribution in [0.4, 0.5) is 4.79 Å². The lowest BCUT2D eigenvalue weighted by molar-refractivity contribution is 0.0528. The molecule has 1 heterocycles. The van der Waals surface area contributed by atoms with Gasteiger partial charge in [-0.2, -0.15) is 0 Å². The summed E-state index contributed by atoms with van der Waals surface area (Å²) in [6.07, 6.45) is 2.50. The van der Waals surface area contributed by atoms with E-state index in [1.807, 2.05) is 27.8 Å². The van der Waals surface area contributed by atoms with Crippen molar-refractivity contribution in [2.75, 3.05) is 6.54 Å². The van der Waals surface area contributed by atoms with E-state index in [-0.39, 0.29) is 6.09 Å². The number of carbonyl (C=O) groups is 1. The summed E-state index contributed by atoms with van der Waals surface area (Å²) in [6.45, 7) is 8.27. The molecule has 2 rings (SSSR count). The molecular formula is C17H24N2O2. The highest BCUT2D eigenvalue weighted by Crippen LogP contribution is 2.23. The molecule has 1 aromatic carbocycles. The fourth-order valence-corrected chi connectivity index (χ4v) is 2.46. The van der Waals surface area contributed by atoms with Gasteiger partial charge in [-0.3, -0.25) is 0 Å². The third kappa shape index (κ3) is 3.78. The molecule has 0 saturated heterocycles. The molecule has 0 radical (unpaired) electrons. The van der Waals surface area contributed by atoms with Crippen LogP contribution in [0, 0.1) is 6.92 Å². The molecule has 0 unspecified atom stereocenters. The first-order valence-corrected chi connectivity index (χ1v) is 7.28. The Labute approximate surface area is 126 Å². The zero-order chi connectivity index (χ0) is 15.6. The molecule has 2 aromatic rings. The minimum Gasteiger partial charge on any atom is -0.444 e. The maximum atomic E-state index is 11.7. The van der Waals surface area contributed by atoms with E-state index in [9.17, 15) is 4.79 Å². The smallest absolute Gasteiger partial charge is 0.407 e. The van der Waals surface area contributed by atoms with Crippen LogP contribution in [-0.2, 0) is 18.2 Å². The van der Waals surface area contributed by atoms with Gasteiger partial charge < -0.3 is 14.6 Å². The van der Waals surface area contributed by atoms with E-state index in [2.05, 4.69) is 41.2 Å². The Kier molecular flexibility index (Phi) is 4.26. The Hall–Kier alpha value is -1.97. The van der Waals surface area contributed by atoms with Crippen molar-refractivity contribution in [3.05, 3.63) is 35.5 Å². The molecule has 0 aliphatic carbocycles. The molecule has 21 heavy (non-hydrogen) atoms. The predicted octanol–water partition coefficient (Wildman–Crippen LogP) is 3.55. The number of aromatic nitrogens is 1. The molecule has 0 aliphatic rings.